The van der Waals surface area contributed by atoms with Crippen molar-refractivity contribution in [3.05, 3.63) is 64.3 Å². The molecule has 1 heterocycles. The van der Waals surface area contributed by atoms with Gasteiger partial charge in [-0.05, 0) is 54.8 Å². The predicted molar refractivity (Wildman–Crippen MR) is 113 cm³/mol. The van der Waals surface area contributed by atoms with Gasteiger partial charge in [-0.1, -0.05) is 23.7 Å². The molecule has 0 aliphatic carbocycles. The number of benzene rings is 2. The Hall–Kier alpha value is -2.83. The number of methoxy groups -OCH3 is 2. The van der Waals surface area contributed by atoms with Crippen molar-refractivity contribution in [2.45, 2.75) is 13.3 Å². The molecule has 2 aromatic rings. The molecule has 2 amide bonds. The Kier molecular flexibility index (Phi) is 6.56. The Morgan fingerprint density at radius 2 is 1.76 bits per heavy atom. The molecule has 1 aliphatic heterocycles. The quantitative estimate of drug-likeness (QED) is 0.524. The first kappa shape index (κ1) is 20.9. The second-order valence-corrected chi connectivity index (χ2v) is 7.11. The zero-order valence-electron chi connectivity index (χ0n) is 16.6. The molecule has 0 aromatic heterocycles. The number of hydrogen-bond donors (Lipinski definition) is 1. The molecule has 0 fully saturated rings. The Balaban J connectivity index is 2.01. The Bertz CT molecular complexity index is 954. The van der Waals surface area contributed by atoms with Crippen LogP contribution in [0, 0.1) is 6.92 Å². The number of hydrogen-bond acceptors (Lipinski definition) is 5. The predicted octanol–water partition coefficient (Wildman–Crippen LogP) is 3.89. The first-order chi connectivity index (χ1) is 14.0. The van der Waals surface area contributed by atoms with Crippen LogP contribution >= 0.6 is 11.6 Å². The van der Waals surface area contributed by atoms with Crippen LogP contribution in [0.1, 0.15) is 17.5 Å². The van der Waals surface area contributed by atoms with Gasteiger partial charge in [-0.3, -0.25) is 14.5 Å². The largest absolute Gasteiger partial charge is 0.497 e. The first-order valence-electron chi connectivity index (χ1n) is 9.23. The molecule has 152 valence electrons. The topological polar surface area (TPSA) is 67.9 Å². The van der Waals surface area contributed by atoms with Crippen molar-refractivity contribution < 1.29 is 19.1 Å². The lowest BCUT2D eigenvalue weighted by atomic mass is 10.0. The van der Waals surface area contributed by atoms with E-state index >= 15 is 0 Å². The summed E-state index contributed by atoms with van der Waals surface area (Å²) < 4.78 is 10.2. The zero-order valence-corrected chi connectivity index (χ0v) is 17.4. The maximum Gasteiger partial charge on any atom is 0.278 e. The fraction of sp³-hybridized carbons (Fsp3) is 0.273. The Morgan fingerprint density at radius 3 is 2.38 bits per heavy atom. The SMILES string of the molecule is COCCCN1C(=O)C(Nc2ccc(Cl)cc2C)=C(c2ccc(OC)cc2)C1=O. The number of ether oxygens (including phenoxy) is 2. The van der Waals surface area contributed by atoms with Gasteiger partial charge in [-0.2, -0.15) is 0 Å². The van der Waals surface area contributed by atoms with Crippen LogP contribution in [0.3, 0.4) is 0 Å². The van der Waals surface area contributed by atoms with E-state index in [0.717, 1.165) is 11.3 Å². The summed E-state index contributed by atoms with van der Waals surface area (Å²) in [6.07, 6.45) is 0.567. The molecule has 0 spiro atoms. The molecule has 6 nitrogen and oxygen atoms in total. The molecule has 1 N–H and O–H groups in total. The monoisotopic (exact) mass is 414 g/mol. The number of carbonyl (C=O) groups excluding carboxylic acids is 2. The fourth-order valence-corrected chi connectivity index (χ4v) is 3.42. The van der Waals surface area contributed by atoms with Crippen molar-refractivity contribution in [3.63, 3.8) is 0 Å². The van der Waals surface area contributed by atoms with Crippen LogP contribution in [0.25, 0.3) is 5.57 Å². The van der Waals surface area contributed by atoms with E-state index in [1.807, 2.05) is 6.92 Å². The number of anilines is 1. The number of amides is 2. The highest BCUT2D eigenvalue weighted by molar-refractivity contribution is 6.36. The van der Waals surface area contributed by atoms with Crippen LogP contribution in [0.4, 0.5) is 5.69 Å². The number of rotatable bonds is 8. The summed E-state index contributed by atoms with van der Waals surface area (Å²) in [6, 6.07) is 12.4. The average molecular weight is 415 g/mol. The number of nitrogens with zero attached hydrogens (tertiary/aromatic N) is 1. The average Bonchev–Trinajstić information content (AvgIpc) is 2.94. The van der Waals surface area contributed by atoms with Crippen molar-refractivity contribution in [2.75, 3.05) is 32.7 Å². The second-order valence-electron chi connectivity index (χ2n) is 6.67. The first-order valence-corrected chi connectivity index (χ1v) is 9.61. The van der Waals surface area contributed by atoms with Gasteiger partial charge < -0.3 is 14.8 Å². The molecule has 0 unspecified atom stereocenters. The van der Waals surface area contributed by atoms with Gasteiger partial charge in [0.15, 0.2) is 0 Å². The lowest BCUT2D eigenvalue weighted by molar-refractivity contribution is -0.136. The van der Waals surface area contributed by atoms with E-state index in [-0.39, 0.29) is 24.1 Å². The summed E-state index contributed by atoms with van der Waals surface area (Å²) in [5, 5.41) is 3.76. The van der Waals surface area contributed by atoms with Crippen LogP contribution < -0.4 is 10.1 Å². The van der Waals surface area contributed by atoms with E-state index in [0.29, 0.717) is 34.9 Å². The van der Waals surface area contributed by atoms with E-state index in [4.69, 9.17) is 21.1 Å². The van der Waals surface area contributed by atoms with Gasteiger partial charge in [0.25, 0.3) is 11.8 Å². The maximum absolute atomic E-state index is 13.1. The van der Waals surface area contributed by atoms with Crippen LogP contribution in [-0.4, -0.2) is 44.1 Å². The number of imide groups is 1. The molecule has 0 saturated carbocycles. The number of nitrogens with one attached hydrogen (secondary N) is 1. The minimum Gasteiger partial charge on any atom is -0.497 e. The van der Waals surface area contributed by atoms with Gasteiger partial charge in [0, 0.05) is 31.0 Å². The fourth-order valence-electron chi connectivity index (χ4n) is 3.19. The van der Waals surface area contributed by atoms with Gasteiger partial charge in [-0.15, -0.1) is 0 Å². The maximum atomic E-state index is 13.1. The van der Waals surface area contributed by atoms with Crippen LogP contribution in [0.5, 0.6) is 5.75 Å². The standard InChI is InChI=1S/C22H23ClN2O4/c1-14-13-16(23)7-10-18(14)24-20-19(15-5-8-17(29-3)9-6-15)21(26)25(22(20)27)11-4-12-28-2/h5-10,13,24H,4,11-12H2,1-3H3. The lowest BCUT2D eigenvalue weighted by Gasteiger charge is -2.15. The van der Waals surface area contributed by atoms with Gasteiger partial charge in [0.2, 0.25) is 0 Å². The van der Waals surface area contributed by atoms with Crippen molar-refractivity contribution in [2.24, 2.45) is 0 Å². The molecule has 0 bridgehead atoms. The van der Waals surface area contributed by atoms with Gasteiger partial charge in [0.1, 0.15) is 11.4 Å². The van der Waals surface area contributed by atoms with E-state index < -0.39 is 0 Å². The van der Waals surface area contributed by atoms with Crippen molar-refractivity contribution in [1.29, 1.82) is 0 Å². The third-order valence-electron chi connectivity index (χ3n) is 4.73. The molecule has 2 aromatic carbocycles. The molecule has 0 atom stereocenters. The van der Waals surface area contributed by atoms with E-state index in [1.54, 1.807) is 56.7 Å². The van der Waals surface area contributed by atoms with Gasteiger partial charge in [0.05, 0.1) is 12.7 Å². The molecular formula is C22H23ClN2O4. The third kappa shape index (κ3) is 4.44. The Morgan fingerprint density at radius 1 is 1.03 bits per heavy atom. The van der Waals surface area contributed by atoms with E-state index in [1.165, 1.54) is 4.90 Å². The highest BCUT2D eigenvalue weighted by Crippen LogP contribution is 2.32. The van der Waals surface area contributed by atoms with Crippen LogP contribution in [0.2, 0.25) is 5.02 Å². The molecular weight excluding hydrogens is 392 g/mol. The molecule has 0 radical (unpaired) electrons. The normalized spacial score (nSPS) is 14.0. The van der Waals surface area contributed by atoms with Gasteiger partial charge >= 0.3 is 0 Å². The van der Waals surface area contributed by atoms with Crippen LogP contribution in [0.15, 0.2) is 48.2 Å². The summed E-state index contributed by atoms with van der Waals surface area (Å²) in [4.78, 5) is 27.5. The van der Waals surface area contributed by atoms with E-state index in [2.05, 4.69) is 5.32 Å². The van der Waals surface area contributed by atoms with E-state index in [9.17, 15) is 9.59 Å². The summed E-state index contributed by atoms with van der Waals surface area (Å²) >= 11 is 6.04. The highest BCUT2D eigenvalue weighted by atomic mass is 35.5. The molecule has 1 aliphatic rings. The van der Waals surface area contributed by atoms with Gasteiger partial charge in [-0.25, -0.2) is 0 Å². The third-order valence-corrected chi connectivity index (χ3v) is 4.96. The molecule has 29 heavy (non-hydrogen) atoms. The van der Waals surface area contributed by atoms with Crippen molar-refractivity contribution in [3.8, 4) is 5.75 Å². The summed E-state index contributed by atoms with van der Waals surface area (Å²) in [5.74, 6) is -0.0113. The second kappa shape index (κ2) is 9.11. The highest BCUT2D eigenvalue weighted by Gasteiger charge is 2.39. The molecule has 0 saturated heterocycles. The lowest BCUT2D eigenvalue weighted by Crippen LogP contribution is -2.33. The Labute approximate surface area is 175 Å². The van der Waals surface area contributed by atoms with Crippen molar-refractivity contribution in [1.82, 2.24) is 4.90 Å². The molecule has 3 rings (SSSR count). The number of aryl methyl sites for hydroxylation is 1. The number of halogens is 1. The summed E-state index contributed by atoms with van der Waals surface area (Å²) in [6.45, 7) is 2.64. The van der Waals surface area contributed by atoms with Crippen molar-refractivity contribution >= 4 is 34.7 Å². The summed E-state index contributed by atoms with van der Waals surface area (Å²) in [5.41, 5.74) is 2.83. The summed E-state index contributed by atoms with van der Waals surface area (Å²) in [7, 11) is 3.16. The van der Waals surface area contributed by atoms with Crippen LogP contribution in [-0.2, 0) is 14.3 Å². The zero-order chi connectivity index (χ0) is 21.0. The molecule has 7 heteroatoms. The number of carbonyl (C=O) groups is 2. The minimum absolute atomic E-state index is 0.253. The smallest absolute Gasteiger partial charge is 0.278 e. The minimum atomic E-state index is -0.355.